The van der Waals surface area contributed by atoms with Gasteiger partial charge in [0.1, 0.15) is 10.8 Å². The number of nitrogens with zero attached hydrogens (tertiary/aromatic N) is 1. The van der Waals surface area contributed by atoms with Crippen LogP contribution in [-0.4, -0.2) is 30.9 Å². The fourth-order valence-corrected chi connectivity index (χ4v) is 5.21. The molecule has 1 atom stereocenters. The first kappa shape index (κ1) is 23.6. The van der Waals surface area contributed by atoms with Gasteiger partial charge in [0, 0.05) is 34.1 Å². The van der Waals surface area contributed by atoms with E-state index in [0.717, 1.165) is 47.4 Å². The van der Waals surface area contributed by atoms with E-state index in [-0.39, 0.29) is 24.1 Å². The third-order valence-electron chi connectivity index (χ3n) is 5.68. The fourth-order valence-electron chi connectivity index (χ4n) is 3.99. The Labute approximate surface area is 207 Å². The molecule has 1 aliphatic rings. The molecule has 2 aromatic heterocycles. The molecule has 172 valence electrons. The highest BCUT2D eigenvalue weighted by Gasteiger charge is 2.18. The van der Waals surface area contributed by atoms with Gasteiger partial charge in [-0.1, -0.05) is 23.7 Å². The molecule has 0 saturated carbocycles. The molecule has 0 radical (unpaired) electrons. The highest BCUT2D eigenvalue weighted by atomic mass is 35.5. The first-order valence-electron chi connectivity index (χ1n) is 10.6. The van der Waals surface area contributed by atoms with Crippen LogP contribution in [0, 0.1) is 0 Å². The molecule has 8 heteroatoms. The van der Waals surface area contributed by atoms with Crippen LogP contribution in [0.1, 0.15) is 12.8 Å². The average molecular weight is 503 g/mol. The van der Waals surface area contributed by atoms with Gasteiger partial charge in [-0.05, 0) is 61.3 Å². The number of benzene rings is 2. The van der Waals surface area contributed by atoms with E-state index in [0.29, 0.717) is 21.2 Å². The third-order valence-corrected chi connectivity index (χ3v) is 7.12. The van der Waals surface area contributed by atoms with Crippen LogP contribution < -0.4 is 20.3 Å². The van der Waals surface area contributed by atoms with Gasteiger partial charge in [0.15, 0.2) is 11.5 Å². The molecule has 1 aliphatic heterocycles. The molecule has 0 amide bonds. The summed E-state index contributed by atoms with van der Waals surface area (Å²) in [5, 5.41) is 4.98. The zero-order valence-electron chi connectivity index (χ0n) is 18.0. The summed E-state index contributed by atoms with van der Waals surface area (Å²) >= 11 is 7.50. The van der Waals surface area contributed by atoms with Gasteiger partial charge in [0.25, 0.3) is 5.56 Å². The zero-order valence-corrected chi connectivity index (χ0v) is 20.4. The molecule has 1 saturated heterocycles. The lowest BCUT2D eigenvalue weighted by Gasteiger charge is -2.25. The van der Waals surface area contributed by atoms with Crippen molar-refractivity contribution in [2.24, 2.45) is 0 Å². The van der Waals surface area contributed by atoms with Crippen LogP contribution >= 0.6 is 35.3 Å². The number of nitrogens with one attached hydrogen (secondary N) is 1. The lowest BCUT2D eigenvalue weighted by Crippen LogP contribution is -2.37. The van der Waals surface area contributed by atoms with Crippen molar-refractivity contribution < 1.29 is 9.47 Å². The van der Waals surface area contributed by atoms with Gasteiger partial charge in [-0.15, -0.1) is 23.7 Å². The maximum atomic E-state index is 13.3. The van der Waals surface area contributed by atoms with E-state index in [1.165, 1.54) is 11.3 Å². The molecule has 0 bridgehead atoms. The summed E-state index contributed by atoms with van der Waals surface area (Å²) in [4.78, 5) is 14.3. The number of aromatic nitrogens is 1. The van der Waals surface area contributed by atoms with Crippen LogP contribution in [0.15, 0.2) is 65.6 Å². The minimum atomic E-state index is -0.0556. The maximum absolute atomic E-state index is 13.3. The molecule has 33 heavy (non-hydrogen) atoms. The van der Waals surface area contributed by atoms with Crippen molar-refractivity contribution in [3.8, 4) is 27.6 Å². The summed E-state index contributed by atoms with van der Waals surface area (Å²) in [5.41, 5.74) is 1.73. The molecule has 4 aromatic rings. The highest BCUT2D eigenvalue weighted by Crippen LogP contribution is 2.34. The number of fused-ring (bicyclic) bond motifs is 1. The Kier molecular flexibility index (Phi) is 7.29. The van der Waals surface area contributed by atoms with Crippen LogP contribution in [0.3, 0.4) is 0 Å². The SMILES string of the molecule is COc1cc(-n2ccc3cc(-c4ccc(Cl)cc4)sc3c2=O)ccc1O[C@H]1CCCNC1.Cl. The van der Waals surface area contributed by atoms with E-state index in [4.69, 9.17) is 21.1 Å². The summed E-state index contributed by atoms with van der Waals surface area (Å²) < 4.78 is 14.1. The van der Waals surface area contributed by atoms with E-state index in [1.54, 1.807) is 11.7 Å². The Balaban J connectivity index is 0.00000259. The molecule has 0 unspecified atom stereocenters. The van der Waals surface area contributed by atoms with Gasteiger partial charge in [0.05, 0.1) is 12.8 Å². The Morgan fingerprint density at radius 2 is 1.91 bits per heavy atom. The van der Waals surface area contributed by atoms with E-state index < -0.39 is 0 Å². The molecular formula is C25H24Cl2N2O3S. The van der Waals surface area contributed by atoms with Crippen molar-refractivity contribution in [3.05, 3.63) is 76.2 Å². The minimum Gasteiger partial charge on any atom is -0.493 e. The number of thiophene rings is 1. The van der Waals surface area contributed by atoms with Crippen molar-refractivity contribution in [2.45, 2.75) is 18.9 Å². The highest BCUT2D eigenvalue weighted by molar-refractivity contribution is 7.22. The second kappa shape index (κ2) is 10.2. The number of hydrogen-bond donors (Lipinski definition) is 1. The van der Waals surface area contributed by atoms with Crippen molar-refractivity contribution in [3.63, 3.8) is 0 Å². The number of hydrogen-bond acceptors (Lipinski definition) is 5. The first-order chi connectivity index (χ1) is 15.6. The van der Waals surface area contributed by atoms with Crippen LogP contribution in [0.5, 0.6) is 11.5 Å². The summed E-state index contributed by atoms with van der Waals surface area (Å²) in [5.74, 6) is 1.31. The van der Waals surface area contributed by atoms with Crippen molar-refractivity contribution in [1.82, 2.24) is 9.88 Å². The minimum absolute atomic E-state index is 0. The zero-order chi connectivity index (χ0) is 22.1. The Hall–Kier alpha value is -2.51. The third kappa shape index (κ3) is 4.89. The molecule has 1 fully saturated rings. The van der Waals surface area contributed by atoms with Gasteiger partial charge >= 0.3 is 0 Å². The van der Waals surface area contributed by atoms with Gasteiger partial charge < -0.3 is 14.8 Å². The summed E-state index contributed by atoms with van der Waals surface area (Å²) in [7, 11) is 1.62. The molecule has 1 N–H and O–H groups in total. The van der Waals surface area contributed by atoms with Crippen LogP contribution in [0.25, 0.3) is 26.2 Å². The summed E-state index contributed by atoms with van der Waals surface area (Å²) in [6.45, 7) is 1.86. The van der Waals surface area contributed by atoms with E-state index >= 15 is 0 Å². The number of pyridine rings is 1. The van der Waals surface area contributed by atoms with Gasteiger partial charge in [-0.2, -0.15) is 0 Å². The molecule has 0 aliphatic carbocycles. The fraction of sp³-hybridized carbons (Fsp3) is 0.240. The topological polar surface area (TPSA) is 52.5 Å². The Morgan fingerprint density at radius 3 is 2.64 bits per heavy atom. The molecule has 5 nitrogen and oxygen atoms in total. The quantitative estimate of drug-likeness (QED) is 0.367. The van der Waals surface area contributed by atoms with Crippen molar-refractivity contribution in [2.75, 3.05) is 20.2 Å². The lowest BCUT2D eigenvalue weighted by atomic mass is 10.1. The predicted molar refractivity (Wildman–Crippen MR) is 138 cm³/mol. The molecule has 2 aromatic carbocycles. The van der Waals surface area contributed by atoms with E-state index in [1.807, 2.05) is 60.8 Å². The smallest absolute Gasteiger partial charge is 0.273 e. The standard InChI is InChI=1S/C25H23ClN2O3S.ClH/c1-30-22-14-19(8-9-21(22)31-20-3-2-11-27-15-20)28-12-10-17-13-23(32-24(17)25(28)29)16-4-6-18(26)7-5-16;/h4-10,12-14,20,27H,2-3,11,15H2,1H3;1H/t20-;/m0./s1. The lowest BCUT2D eigenvalue weighted by molar-refractivity contribution is 0.161. The number of ether oxygens (including phenoxy) is 2. The van der Waals surface area contributed by atoms with Crippen LogP contribution in [0.2, 0.25) is 5.02 Å². The van der Waals surface area contributed by atoms with Crippen LogP contribution in [-0.2, 0) is 0 Å². The van der Waals surface area contributed by atoms with Crippen molar-refractivity contribution in [1.29, 1.82) is 0 Å². The normalized spacial score (nSPS) is 15.8. The van der Waals surface area contributed by atoms with Crippen LogP contribution in [0.4, 0.5) is 0 Å². The average Bonchev–Trinajstić information content (AvgIpc) is 3.26. The second-order valence-corrected chi connectivity index (χ2v) is 9.30. The number of methoxy groups -OCH3 is 1. The van der Waals surface area contributed by atoms with Crippen molar-refractivity contribution >= 4 is 45.4 Å². The number of piperidine rings is 1. The monoisotopic (exact) mass is 502 g/mol. The first-order valence-corrected chi connectivity index (χ1v) is 11.8. The predicted octanol–water partition coefficient (Wildman–Crippen LogP) is 5.93. The van der Waals surface area contributed by atoms with E-state index in [9.17, 15) is 4.79 Å². The van der Waals surface area contributed by atoms with Gasteiger partial charge in [-0.25, -0.2) is 0 Å². The molecule has 5 rings (SSSR count). The summed E-state index contributed by atoms with van der Waals surface area (Å²) in [6, 6.07) is 17.3. The Morgan fingerprint density at radius 1 is 1.09 bits per heavy atom. The molecular weight excluding hydrogens is 479 g/mol. The maximum Gasteiger partial charge on any atom is 0.273 e. The largest absolute Gasteiger partial charge is 0.493 e. The van der Waals surface area contributed by atoms with E-state index in [2.05, 4.69) is 5.32 Å². The number of halogens is 2. The second-order valence-electron chi connectivity index (χ2n) is 7.81. The Bertz CT molecular complexity index is 1310. The summed E-state index contributed by atoms with van der Waals surface area (Å²) in [6.07, 6.45) is 4.05. The number of rotatable bonds is 5. The molecule has 3 heterocycles. The van der Waals surface area contributed by atoms with Gasteiger partial charge in [0.2, 0.25) is 0 Å². The molecule has 0 spiro atoms. The van der Waals surface area contributed by atoms with Gasteiger partial charge in [-0.3, -0.25) is 9.36 Å².